The molecule has 96 valence electrons. The van der Waals surface area contributed by atoms with Crippen molar-refractivity contribution in [2.24, 2.45) is 5.92 Å². The molecule has 1 N–H and O–H groups in total. The van der Waals surface area contributed by atoms with Gasteiger partial charge in [-0.05, 0) is 45.2 Å². The number of rotatable bonds is 6. The van der Waals surface area contributed by atoms with Crippen molar-refractivity contribution in [3.05, 3.63) is 0 Å². The van der Waals surface area contributed by atoms with E-state index in [2.05, 4.69) is 38.0 Å². The van der Waals surface area contributed by atoms with E-state index in [1.54, 1.807) is 0 Å². The first kappa shape index (κ1) is 14.0. The highest BCUT2D eigenvalue weighted by molar-refractivity contribution is 4.81. The highest BCUT2D eigenvalue weighted by Gasteiger charge is 2.24. The van der Waals surface area contributed by atoms with Crippen LogP contribution in [-0.4, -0.2) is 37.1 Å². The molecule has 0 bridgehead atoms. The molecule has 0 saturated carbocycles. The van der Waals surface area contributed by atoms with Gasteiger partial charge in [-0.15, -0.1) is 0 Å². The van der Waals surface area contributed by atoms with E-state index < -0.39 is 0 Å². The maximum absolute atomic E-state index is 3.52. The summed E-state index contributed by atoms with van der Waals surface area (Å²) in [6, 6.07) is 1.54. The Kier molecular flexibility index (Phi) is 6.37. The zero-order chi connectivity index (χ0) is 12.0. The molecule has 0 aromatic heterocycles. The van der Waals surface area contributed by atoms with E-state index >= 15 is 0 Å². The molecule has 0 radical (unpaired) electrons. The topological polar surface area (TPSA) is 15.3 Å². The molecule has 1 fully saturated rings. The minimum Gasteiger partial charge on any atom is -0.315 e. The van der Waals surface area contributed by atoms with Crippen molar-refractivity contribution in [3.8, 4) is 0 Å². The van der Waals surface area contributed by atoms with Gasteiger partial charge >= 0.3 is 0 Å². The van der Waals surface area contributed by atoms with Gasteiger partial charge in [0.25, 0.3) is 0 Å². The first-order valence-corrected chi connectivity index (χ1v) is 7.11. The van der Waals surface area contributed by atoms with E-state index in [-0.39, 0.29) is 0 Å². The first-order chi connectivity index (χ1) is 7.69. The van der Waals surface area contributed by atoms with Crippen LogP contribution in [0.15, 0.2) is 0 Å². The molecule has 0 aromatic rings. The van der Waals surface area contributed by atoms with Gasteiger partial charge in [0.1, 0.15) is 0 Å². The lowest BCUT2D eigenvalue weighted by Gasteiger charge is -2.38. The van der Waals surface area contributed by atoms with Crippen molar-refractivity contribution in [1.29, 1.82) is 0 Å². The Labute approximate surface area is 102 Å². The van der Waals surface area contributed by atoms with Crippen LogP contribution < -0.4 is 5.32 Å². The first-order valence-electron chi connectivity index (χ1n) is 7.11. The minimum absolute atomic E-state index is 0.766. The zero-order valence-electron chi connectivity index (χ0n) is 11.6. The van der Waals surface area contributed by atoms with Gasteiger partial charge in [0.2, 0.25) is 0 Å². The van der Waals surface area contributed by atoms with Crippen LogP contribution in [0.4, 0.5) is 0 Å². The van der Waals surface area contributed by atoms with Crippen molar-refractivity contribution < 1.29 is 0 Å². The summed E-state index contributed by atoms with van der Waals surface area (Å²) in [5.74, 6) is 0.865. The highest BCUT2D eigenvalue weighted by Crippen LogP contribution is 2.20. The van der Waals surface area contributed by atoms with E-state index in [4.69, 9.17) is 0 Å². The zero-order valence-corrected chi connectivity index (χ0v) is 11.6. The Balaban J connectivity index is 2.43. The van der Waals surface area contributed by atoms with E-state index in [1.165, 1.54) is 45.2 Å². The standard InChI is InChI=1S/C14H30N2/c1-5-12(3)10-13(6-2)16(4)14-8-7-9-15-11-14/h12-15H,5-11H2,1-4H3. The van der Waals surface area contributed by atoms with Crippen LogP contribution in [0, 0.1) is 5.92 Å². The molecule has 3 atom stereocenters. The predicted octanol–water partition coefficient (Wildman–Crippen LogP) is 2.89. The molecule has 2 nitrogen and oxygen atoms in total. The lowest BCUT2D eigenvalue weighted by molar-refractivity contribution is 0.124. The van der Waals surface area contributed by atoms with Gasteiger partial charge in [0.15, 0.2) is 0 Å². The Morgan fingerprint density at radius 3 is 2.56 bits per heavy atom. The van der Waals surface area contributed by atoms with Crippen LogP contribution in [0.3, 0.4) is 0 Å². The monoisotopic (exact) mass is 226 g/mol. The smallest absolute Gasteiger partial charge is 0.0220 e. The number of nitrogens with one attached hydrogen (secondary N) is 1. The fourth-order valence-corrected chi connectivity index (χ4v) is 2.73. The summed E-state index contributed by atoms with van der Waals surface area (Å²) in [5.41, 5.74) is 0. The summed E-state index contributed by atoms with van der Waals surface area (Å²) < 4.78 is 0. The average molecular weight is 226 g/mol. The quantitative estimate of drug-likeness (QED) is 0.749. The maximum atomic E-state index is 3.52. The van der Waals surface area contributed by atoms with Gasteiger partial charge < -0.3 is 5.32 Å². The largest absolute Gasteiger partial charge is 0.315 e. The lowest BCUT2D eigenvalue weighted by atomic mass is 9.94. The molecule has 1 saturated heterocycles. The van der Waals surface area contributed by atoms with Crippen molar-refractivity contribution in [2.45, 2.75) is 65.0 Å². The maximum Gasteiger partial charge on any atom is 0.0220 e. The molecule has 1 heterocycles. The third-order valence-electron chi connectivity index (χ3n) is 4.27. The van der Waals surface area contributed by atoms with Crippen molar-refractivity contribution in [3.63, 3.8) is 0 Å². The Hall–Kier alpha value is -0.0800. The van der Waals surface area contributed by atoms with Crippen LogP contribution >= 0.6 is 0 Å². The van der Waals surface area contributed by atoms with Gasteiger partial charge in [-0.25, -0.2) is 0 Å². The third-order valence-corrected chi connectivity index (χ3v) is 4.27. The van der Waals surface area contributed by atoms with Gasteiger partial charge in [-0.2, -0.15) is 0 Å². The van der Waals surface area contributed by atoms with Crippen molar-refractivity contribution in [1.82, 2.24) is 10.2 Å². The van der Waals surface area contributed by atoms with E-state index in [0.29, 0.717) is 0 Å². The summed E-state index contributed by atoms with van der Waals surface area (Å²) in [6.45, 7) is 9.43. The van der Waals surface area contributed by atoms with Gasteiger partial charge in [0, 0.05) is 18.6 Å². The summed E-state index contributed by atoms with van der Waals surface area (Å²) in [5, 5.41) is 3.52. The second-order valence-corrected chi connectivity index (χ2v) is 5.48. The van der Waals surface area contributed by atoms with Crippen molar-refractivity contribution >= 4 is 0 Å². The molecule has 0 spiro atoms. The molecule has 1 aliphatic heterocycles. The van der Waals surface area contributed by atoms with Gasteiger partial charge in [0.05, 0.1) is 0 Å². The molecule has 0 amide bonds. The SMILES string of the molecule is CCC(C)CC(CC)N(C)C1CCCNC1. The summed E-state index contributed by atoms with van der Waals surface area (Å²) >= 11 is 0. The molecule has 1 rings (SSSR count). The highest BCUT2D eigenvalue weighted by atomic mass is 15.2. The molecule has 3 unspecified atom stereocenters. The Morgan fingerprint density at radius 1 is 1.31 bits per heavy atom. The number of piperidine rings is 1. The second kappa shape index (κ2) is 7.29. The summed E-state index contributed by atoms with van der Waals surface area (Å²) in [7, 11) is 2.33. The minimum atomic E-state index is 0.766. The van der Waals surface area contributed by atoms with Crippen molar-refractivity contribution in [2.75, 3.05) is 20.1 Å². The second-order valence-electron chi connectivity index (χ2n) is 5.48. The third kappa shape index (κ3) is 4.06. The molecular formula is C14H30N2. The van der Waals surface area contributed by atoms with Crippen LogP contribution in [0.2, 0.25) is 0 Å². The van der Waals surface area contributed by atoms with Crippen LogP contribution in [0.5, 0.6) is 0 Å². The fourth-order valence-electron chi connectivity index (χ4n) is 2.73. The van der Waals surface area contributed by atoms with E-state index in [9.17, 15) is 0 Å². The average Bonchev–Trinajstić information content (AvgIpc) is 2.35. The van der Waals surface area contributed by atoms with Gasteiger partial charge in [-0.3, -0.25) is 4.90 Å². The van der Waals surface area contributed by atoms with Gasteiger partial charge in [-0.1, -0.05) is 27.2 Å². The molecule has 2 heteroatoms. The number of hydrogen-bond acceptors (Lipinski definition) is 2. The Bertz CT molecular complexity index is 176. The van der Waals surface area contributed by atoms with E-state index in [1.807, 2.05) is 0 Å². The molecule has 0 aromatic carbocycles. The fraction of sp³-hybridized carbons (Fsp3) is 1.00. The number of hydrogen-bond donors (Lipinski definition) is 1. The normalized spacial score (nSPS) is 25.7. The van der Waals surface area contributed by atoms with Crippen LogP contribution in [0.25, 0.3) is 0 Å². The molecular weight excluding hydrogens is 196 g/mol. The number of likely N-dealkylation sites (N-methyl/N-ethyl adjacent to an activating group) is 1. The summed E-state index contributed by atoms with van der Waals surface area (Å²) in [6.07, 6.45) is 6.68. The van der Waals surface area contributed by atoms with Crippen LogP contribution in [-0.2, 0) is 0 Å². The Morgan fingerprint density at radius 2 is 2.06 bits per heavy atom. The van der Waals surface area contributed by atoms with Crippen LogP contribution in [0.1, 0.15) is 52.9 Å². The summed E-state index contributed by atoms with van der Waals surface area (Å²) in [4.78, 5) is 2.64. The molecule has 1 aliphatic rings. The lowest BCUT2D eigenvalue weighted by Crippen LogP contribution is -2.48. The van der Waals surface area contributed by atoms with E-state index in [0.717, 1.165) is 18.0 Å². The predicted molar refractivity (Wildman–Crippen MR) is 71.8 cm³/mol. The molecule has 16 heavy (non-hydrogen) atoms. The number of nitrogens with zero attached hydrogens (tertiary/aromatic N) is 1. The molecule has 0 aliphatic carbocycles.